The minimum absolute atomic E-state index is 0.0747. The number of carbonyl (C=O) groups is 2. The molecule has 7 heteroatoms. The molecule has 3 aromatic carbocycles. The number of hydrogen-bond acceptors (Lipinski definition) is 3. The molecule has 0 fully saturated rings. The molecule has 0 saturated heterocycles. The Morgan fingerprint density at radius 3 is 2.21 bits per heavy atom. The van der Waals surface area contributed by atoms with Gasteiger partial charge in [0.25, 0.3) is 5.91 Å². The molecule has 33 heavy (non-hydrogen) atoms. The first-order valence-electron chi connectivity index (χ1n) is 10.7. The first-order chi connectivity index (χ1) is 16.0. The third-order valence-electron chi connectivity index (χ3n) is 5.11. The number of rotatable bonds is 10. The molecule has 0 saturated carbocycles. The van der Waals surface area contributed by atoms with Crippen molar-refractivity contribution in [2.24, 2.45) is 0 Å². The highest BCUT2D eigenvalue weighted by molar-refractivity contribution is 5.88. The van der Waals surface area contributed by atoms with Crippen LogP contribution in [0.25, 0.3) is 0 Å². The van der Waals surface area contributed by atoms with E-state index in [9.17, 15) is 18.4 Å². The summed E-state index contributed by atoms with van der Waals surface area (Å²) in [5.41, 5.74) is 1.11. The summed E-state index contributed by atoms with van der Waals surface area (Å²) in [6, 6.07) is 20.2. The summed E-state index contributed by atoms with van der Waals surface area (Å²) in [4.78, 5) is 27.5. The molecule has 0 heterocycles. The van der Waals surface area contributed by atoms with E-state index in [-0.39, 0.29) is 30.2 Å². The summed E-state index contributed by atoms with van der Waals surface area (Å²) in [5, 5.41) is 2.76. The Hall–Kier alpha value is -3.74. The van der Waals surface area contributed by atoms with Crippen LogP contribution in [0.1, 0.15) is 18.1 Å². The zero-order valence-electron chi connectivity index (χ0n) is 18.3. The minimum Gasteiger partial charge on any atom is -0.481 e. The normalized spacial score (nSPS) is 11.5. The molecule has 1 atom stereocenters. The Labute approximate surface area is 192 Å². The fraction of sp³-hybridized carbons (Fsp3) is 0.231. The van der Waals surface area contributed by atoms with Crippen LogP contribution >= 0.6 is 0 Å². The summed E-state index contributed by atoms with van der Waals surface area (Å²) in [5.74, 6) is -2.09. The number of ether oxygens (including phenoxy) is 1. The number of nitrogens with zero attached hydrogens (tertiary/aromatic N) is 1. The van der Waals surface area contributed by atoms with Gasteiger partial charge in [-0.25, -0.2) is 8.78 Å². The molecule has 3 rings (SSSR count). The second kappa shape index (κ2) is 11.8. The zero-order chi connectivity index (χ0) is 23.6. The van der Waals surface area contributed by atoms with Gasteiger partial charge in [-0.2, -0.15) is 0 Å². The highest BCUT2D eigenvalue weighted by atomic mass is 19.1. The molecule has 0 unspecified atom stereocenters. The fourth-order valence-electron chi connectivity index (χ4n) is 3.44. The molecule has 1 N–H and O–H groups in total. The van der Waals surface area contributed by atoms with E-state index in [1.54, 1.807) is 31.2 Å². The van der Waals surface area contributed by atoms with Gasteiger partial charge in [-0.1, -0.05) is 60.7 Å². The molecule has 0 spiro atoms. The molecule has 0 aliphatic heterocycles. The first-order valence-corrected chi connectivity index (χ1v) is 10.7. The third kappa shape index (κ3) is 6.62. The van der Waals surface area contributed by atoms with Gasteiger partial charge in [-0.15, -0.1) is 0 Å². The summed E-state index contributed by atoms with van der Waals surface area (Å²) >= 11 is 0. The van der Waals surface area contributed by atoms with Crippen molar-refractivity contribution in [3.8, 4) is 5.75 Å². The molecule has 0 radical (unpaired) electrons. The van der Waals surface area contributed by atoms with Crippen molar-refractivity contribution in [3.63, 3.8) is 0 Å². The predicted octanol–water partition coefficient (Wildman–Crippen LogP) is 4.12. The minimum atomic E-state index is -0.913. The smallest absolute Gasteiger partial charge is 0.261 e. The maximum atomic E-state index is 14.4. The Morgan fingerprint density at radius 1 is 0.909 bits per heavy atom. The SMILES string of the molecule is CCNC(=O)[C@@H](Cc1ccccc1)N(Cc1ccccc1F)C(=O)COc1ccccc1F. The van der Waals surface area contributed by atoms with Crippen LogP contribution in [0, 0.1) is 11.6 Å². The molecule has 0 aliphatic carbocycles. The van der Waals surface area contributed by atoms with Gasteiger partial charge in [-0.05, 0) is 30.7 Å². The Bertz CT molecular complexity index is 1080. The van der Waals surface area contributed by atoms with E-state index in [0.29, 0.717) is 6.54 Å². The van der Waals surface area contributed by atoms with Crippen LogP contribution < -0.4 is 10.1 Å². The lowest BCUT2D eigenvalue weighted by Gasteiger charge is -2.31. The number of halogens is 2. The molecule has 2 amide bonds. The number of carbonyl (C=O) groups excluding carboxylic acids is 2. The van der Waals surface area contributed by atoms with Crippen LogP contribution in [0.2, 0.25) is 0 Å². The van der Waals surface area contributed by atoms with E-state index in [1.165, 1.54) is 29.2 Å². The molecule has 172 valence electrons. The number of nitrogens with one attached hydrogen (secondary N) is 1. The Kier molecular flexibility index (Phi) is 8.52. The summed E-state index contributed by atoms with van der Waals surface area (Å²) < 4.78 is 33.8. The van der Waals surface area contributed by atoms with Crippen LogP contribution in [0.5, 0.6) is 5.75 Å². The van der Waals surface area contributed by atoms with Gasteiger partial charge in [0, 0.05) is 25.1 Å². The molecular formula is C26H26F2N2O3. The molecular weight excluding hydrogens is 426 g/mol. The number of amides is 2. The monoisotopic (exact) mass is 452 g/mol. The van der Waals surface area contributed by atoms with E-state index >= 15 is 0 Å². The average Bonchev–Trinajstić information content (AvgIpc) is 2.82. The lowest BCUT2D eigenvalue weighted by atomic mass is 10.0. The summed E-state index contributed by atoms with van der Waals surface area (Å²) in [6.07, 6.45) is 0.229. The largest absolute Gasteiger partial charge is 0.481 e. The molecule has 3 aromatic rings. The van der Waals surface area contributed by atoms with Crippen molar-refractivity contribution >= 4 is 11.8 Å². The molecule has 0 aliphatic rings. The lowest BCUT2D eigenvalue weighted by Crippen LogP contribution is -2.51. The summed E-state index contributed by atoms with van der Waals surface area (Å²) in [7, 11) is 0. The van der Waals surface area contributed by atoms with Crippen LogP contribution in [0.4, 0.5) is 8.78 Å². The number of para-hydroxylation sites is 1. The van der Waals surface area contributed by atoms with Gasteiger partial charge in [-0.3, -0.25) is 9.59 Å². The lowest BCUT2D eigenvalue weighted by molar-refractivity contribution is -0.142. The van der Waals surface area contributed by atoms with Crippen molar-refractivity contribution in [1.82, 2.24) is 10.2 Å². The van der Waals surface area contributed by atoms with Crippen LogP contribution in [0.3, 0.4) is 0 Å². The van der Waals surface area contributed by atoms with Crippen LogP contribution in [-0.4, -0.2) is 35.9 Å². The van der Waals surface area contributed by atoms with Gasteiger partial charge in [0.1, 0.15) is 11.9 Å². The quantitative estimate of drug-likeness (QED) is 0.504. The van der Waals surface area contributed by atoms with Crippen molar-refractivity contribution < 1.29 is 23.1 Å². The number of hydrogen-bond donors (Lipinski definition) is 1. The maximum Gasteiger partial charge on any atom is 0.261 e. The molecule has 0 aromatic heterocycles. The number of likely N-dealkylation sites (N-methyl/N-ethyl adjacent to an activating group) is 1. The second-order valence-corrected chi connectivity index (χ2v) is 7.43. The van der Waals surface area contributed by atoms with Gasteiger partial charge >= 0.3 is 0 Å². The van der Waals surface area contributed by atoms with Gasteiger partial charge in [0.2, 0.25) is 5.91 Å². The van der Waals surface area contributed by atoms with Crippen molar-refractivity contribution in [1.29, 1.82) is 0 Å². The molecule has 5 nitrogen and oxygen atoms in total. The fourth-order valence-corrected chi connectivity index (χ4v) is 3.44. The topological polar surface area (TPSA) is 58.6 Å². The van der Waals surface area contributed by atoms with E-state index in [4.69, 9.17) is 4.74 Å². The summed E-state index contributed by atoms with van der Waals surface area (Å²) in [6.45, 7) is 1.51. The first kappa shape index (κ1) is 23.9. The highest BCUT2D eigenvalue weighted by Crippen LogP contribution is 2.19. The molecule has 0 bridgehead atoms. The Morgan fingerprint density at radius 2 is 1.55 bits per heavy atom. The van der Waals surface area contributed by atoms with Crippen LogP contribution in [0.15, 0.2) is 78.9 Å². The maximum absolute atomic E-state index is 14.4. The number of benzene rings is 3. The van der Waals surface area contributed by atoms with E-state index in [2.05, 4.69) is 5.32 Å². The third-order valence-corrected chi connectivity index (χ3v) is 5.11. The van der Waals surface area contributed by atoms with E-state index in [0.717, 1.165) is 5.56 Å². The van der Waals surface area contributed by atoms with Crippen molar-refractivity contribution in [2.75, 3.05) is 13.2 Å². The van der Waals surface area contributed by atoms with E-state index in [1.807, 2.05) is 30.3 Å². The van der Waals surface area contributed by atoms with Gasteiger partial charge < -0.3 is 15.0 Å². The van der Waals surface area contributed by atoms with Gasteiger partial charge in [0.05, 0.1) is 0 Å². The van der Waals surface area contributed by atoms with Gasteiger partial charge in [0.15, 0.2) is 18.2 Å². The van der Waals surface area contributed by atoms with E-state index < -0.39 is 30.2 Å². The average molecular weight is 453 g/mol. The van der Waals surface area contributed by atoms with Crippen molar-refractivity contribution in [2.45, 2.75) is 25.9 Å². The zero-order valence-corrected chi connectivity index (χ0v) is 18.3. The van der Waals surface area contributed by atoms with Crippen molar-refractivity contribution in [3.05, 3.63) is 102 Å². The second-order valence-electron chi connectivity index (χ2n) is 7.43. The highest BCUT2D eigenvalue weighted by Gasteiger charge is 2.31. The standard InChI is InChI=1S/C26H26F2N2O3/c1-2-29-26(32)23(16-19-10-4-3-5-11-19)30(17-20-12-6-7-13-21(20)27)25(31)18-33-24-15-9-8-14-22(24)28/h3-15,23H,2,16-18H2,1H3,(H,29,32)/t23-/m1/s1. The Balaban J connectivity index is 1.91. The predicted molar refractivity (Wildman–Crippen MR) is 121 cm³/mol. The van der Waals surface area contributed by atoms with Crippen LogP contribution in [-0.2, 0) is 22.6 Å².